The van der Waals surface area contributed by atoms with Crippen LogP contribution in [-0.2, 0) is 9.59 Å². The van der Waals surface area contributed by atoms with Crippen LogP contribution in [-0.4, -0.2) is 64.8 Å². The van der Waals surface area contributed by atoms with Crippen molar-refractivity contribution in [1.29, 1.82) is 0 Å². The zero-order valence-corrected chi connectivity index (χ0v) is 12.8. The van der Waals surface area contributed by atoms with Crippen LogP contribution in [0.2, 0.25) is 0 Å². The molecule has 0 saturated carbocycles. The Morgan fingerprint density at radius 2 is 1.90 bits per heavy atom. The Morgan fingerprint density at radius 3 is 2.43 bits per heavy atom. The molecule has 0 aromatic rings. The van der Waals surface area contributed by atoms with Crippen LogP contribution < -0.4 is 0 Å². The van der Waals surface area contributed by atoms with Gasteiger partial charge >= 0.3 is 6.03 Å². The van der Waals surface area contributed by atoms with E-state index < -0.39 is 0 Å². The zero-order chi connectivity index (χ0) is 15.2. The van der Waals surface area contributed by atoms with Gasteiger partial charge in [0.1, 0.15) is 6.04 Å². The molecular formula is C15H23N3O3. The average Bonchev–Trinajstić information content (AvgIpc) is 2.96. The highest BCUT2D eigenvalue weighted by molar-refractivity contribution is 6.04. The van der Waals surface area contributed by atoms with Crippen molar-refractivity contribution in [3.8, 4) is 0 Å². The van der Waals surface area contributed by atoms with Crippen molar-refractivity contribution >= 4 is 17.8 Å². The number of imide groups is 1. The predicted molar refractivity (Wildman–Crippen MR) is 76.4 cm³/mol. The van der Waals surface area contributed by atoms with Gasteiger partial charge in [-0.05, 0) is 31.6 Å². The Balaban J connectivity index is 1.68. The number of rotatable bonds is 2. The third-order valence-electron chi connectivity index (χ3n) is 5.33. The molecule has 6 nitrogen and oxygen atoms in total. The van der Waals surface area contributed by atoms with Crippen LogP contribution in [0.3, 0.4) is 0 Å². The van der Waals surface area contributed by atoms with Crippen LogP contribution in [0.1, 0.15) is 39.5 Å². The van der Waals surface area contributed by atoms with E-state index in [0.29, 0.717) is 19.5 Å². The van der Waals surface area contributed by atoms with Crippen molar-refractivity contribution in [2.24, 2.45) is 5.41 Å². The summed E-state index contributed by atoms with van der Waals surface area (Å²) in [4.78, 5) is 41.3. The molecule has 1 spiro atoms. The van der Waals surface area contributed by atoms with Gasteiger partial charge in [-0.2, -0.15) is 0 Å². The second kappa shape index (κ2) is 5.00. The summed E-state index contributed by atoms with van der Waals surface area (Å²) >= 11 is 0. The van der Waals surface area contributed by atoms with E-state index in [4.69, 9.17) is 0 Å². The van der Waals surface area contributed by atoms with Crippen molar-refractivity contribution in [2.75, 3.05) is 26.2 Å². The Labute approximate surface area is 125 Å². The van der Waals surface area contributed by atoms with Gasteiger partial charge < -0.3 is 9.80 Å². The molecule has 3 saturated heterocycles. The fourth-order valence-electron chi connectivity index (χ4n) is 4.01. The monoisotopic (exact) mass is 293 g/mol. The lowest BCUT2D eigenvalue weighted by molar-refractivity contribution is -0.133. The van der Waals surface area contributed by atoms with Gasteiger partial charge in [-0.15, -0.1) is 0 Å². The summed E-state index contributed by atoms with van der Waals surface area (Å²) in [6.07, 6.45) is 3.11. The number of nitrogens with zero attached hydrogens (tertiary/aromatic N) is 3. The van der Waals surface area contributed by atoms with E-state index in [1.165, 1.54) is 4.90 Å². The molecule has 3 aliphatic rings. The molecule has 3 heterocycles. The normalized spacial score (nSPS) is 27.7. The van der Waals surface area contributed by atoms with E-state index in [9.17, 15) is 14.4 Å². The summed E-state index contributed by atoms with van der Waals surface area (Å²) in [6.45, 7) is 6.36. The molecular weight excluding hydrogens is 270 g/mol. The molecule has 21 heavy (non-hydrogen) atoms. The maximum Gasteiger partial charge on any atom is 0.327 e. The molecule has 3 fully saturated rings. The maximum absolute atomic E-state index is 12.3. The van der Waals surface area contributed by atoms with Crippen LogP contribution in [0.4, 0.5) is 4.79 Å². The first-order valence-electron chi connectivity index (χ1n) is 7.91. The van der Waals surface area contributed by atoms with E-state index in [-0.39, 0.29) is 29.3 Å². The third-order valence-corrected chi connectivity index (χ3v) is 5.33. The SMILES string of the molecule is CCC(=O)N1CCC2(CC1)CC1C(=O)N(CC)C(=O)N1C2. The quantitative estimate of drug-likeness (QED) is 0.715. The fourth-order valence-corrected chi connectivity index (χ4v) is 4.01. The van der Waals surface area contributed by atoms with Crippen molar-refractivity contribution < 1.29 is 14.4 Å². The minimum Gasteiger partial charge on any atom is -0.343 e. The third kappa shape index (κ3) is 2.12. The topological polar surface area (TPSA) is 60.9 Å². The number of hydrogen-bond donors (Lipinski definition) is 0. The second-order valence-electron chi connectivity index (χ2n) is 6.45. The largest absolute Gasteiger partial charge is 0.343 e. The van der Waals surface area contributed by atoms with E-state index in [2.05, 4.69) is 0 Å². The summed E-state index contributed by atoms with van der Waals surface area (Å²) in [6, 6.07) is -0.387. The molecule has 3 rings (SSSR count). The number of likely N-dealkylation sites (tertiary alicyclic amines) is 1. The number of piperidine rings is 1. The molecule has 0 bridgehead atoms. The number of amides is 4. The number of urea groups is 1. The van der Waals surface area contributed by atoms with Gasteiger partial charge in [0.25, 0.3) is 5.91 Å². The van der Waals surface area contributed by atoms with E-state index in [1.54, 1.807) is 4.90 Å². The lowest BCUT2D eigenvalue weighted by Crippen LogP contribution is -2.45. The number of fused-ring (bicyclic) bond motifs is 1. The Bertz CT molecular complexity index is 457. The molecule has 116 valence electrons. The van der Waals surface area contributed by atoms with Gasteiger partial charge in [-0.3, -0.25) is 14.5 Å². The summed E-state index contributed by atoms with van der Waals surface area (Å²) in [5.41, 5.74) is 0.0420. The maximum atomic E-state index is 12.3. The lowest BCUT2D eigenvalue weighted by Gasteiger charge is -2.39. The molecule has 0 aliphatic carbocycles. The van der Waals surface area contributed by atoms with Crippen LogP contribution in [0.25, 0.3) is 0 Å². The minimum atomic E-state index is -0.258. The first kappa shape index (κ1) is 14.4. The van der Waals surface area contributed by atoms with Gasteiger partial charge in [0.2, 0.25) is 5.91 Å². The lowest BCUT2D eigenvalue weighted by atomic mass is 9.76. The molecule has 0 radical (unpaired) electrons. The Morgan fingerprint density at radius 1 is 1.24 bits per heavy atom. The number of hydrogen-bond acceptors (Lipinski definition) is 3. The van der Waals surface area contributed by atoms with Gasteiger partial charge in [-0.1, -0.05) is 6.92 Å². The van der Waals surface area contributed by atoms with Crippen LogP contribution in [0.5, 0.6) is 0 Å². The summed E-state index contributed by atoms with van der Waals surface area (Å²) in [7, 11) is 0. The van der Waals surface area contributed by atoms with Gasteiger partial charge in [0, 0.05) is 32.6 Å². The molecule has 1 unspecified atom stereocenters. The smallest absolute Gasteiger partial charge is 0.327 e. The molecule has 6 heteroatoms. The van der Waals surface area contributed by atoms with Gasteiger partial charge in [0.15, 0.2) is 0 Å². The van der Waals surface area contributed by atoms with E-state index >= 15 is 0 Å². The molecule has 1 atom stereocenters. The van der Waals surface area contributed by atoms with Crippen molar-refractivity contribution in [1.82, 2.24) is 14.7 Å². The first-order valence-corrected chi connectivity index (χ1v) is 7.91. The summed E-state index contributed by atoms with van der Waals surface area (Å²) in [5.74, 6) is 0.166. The van der Waals surface area contributed by atoms with Gasteiger partial charge in [-0.25, -0.2) is 4.79 Å². The summed E-state index contributed by atoms with van der Waals surface area (Å²) < 4.78 is 0. The van der Waals surface area contributed by atoms with Gasteiger partial charge in [0.05, 0.1) is 0 Å². The highest BCUT2D eigenvalue weighted by Crippen LogP contribution is 2.46. The highest BCUT2D eigenvalue weighted by atomic mass is 16.2. The standard InChI is InChI=1S/C15H23N3O3/c1-3-12(19)16-7-5-15(6-8-16)9-11-13(20)17(4-2)14(21)18(11)10-15/h11H,3-10H2,1-2H3. The molecule has 3 aliphatic heterocycles. The number of likely N-dealkylation sites (N-methyl/N-ethyl adjacent to an activating group) is 1. The fraction of sp³-hybridized carbons (Fsp3) is 0.800. The summed E-state index contributed by atoms with van der Waals surface area (Å²) in [5, 5.41) is 0. The Hall–Kier alpha value is -1.59. The van der Waals surface area contributed by atoms with Crippen molar-refractivity contribution in [2.45, 2.75) is 45.6 Å². The first-order chi connectivity index (χ1) is 10.0. The highest BCUT2D eigenvalue weighted by Gasteiger charge is 2.56. The van der Waals surface area contributed by atoms with Crippen LogP contribution in [0, 0.1) is 5.41 Å². The van der Waals surface area contributed by atoms with Crippen LogP contribution in [0.15, 0.2) is 0 Å². The van der Waals surface area contributed by atoms with E-state index in [1.807, 2.05) is 18.7 Å². The Kier molecular flexibility index (Phi) is 3.42. The molecule has 0 aromatic carbocycles. The second-order valence-corrected chi connectivity index (χ2v) is 6.45. The molecule has 0 aromatic heterocycles. The van der Waals surface area contributed by atoms with Crippen molar-refractivity contribution in [3.05, 3.63) is 0 Å². The minimum absolute atomic E-state index is 0.0357. The predicted octanol–water partition coefficient (Wildman–Crippen LogP) is 1.06. The number of carbonyl (C=O) groups excluding carboxylic acids is 3. The molecule has 0 N–H and O–H groups in total. The zero-order valence-electron chi connectivity index (χ0n) is 12.8. The van der Waals surface area contributed by atoms with E-state index in [0.717, 1.165) is 32.4 Å². The van der Waals surface area contributed by atoms with Crippen LogP contribution >= 0.6 is 0 Å². The number of carbonyl (C=O) groups is 3. The van der Waals surface area contributed by atoms with Crippen molar-refractivity contribution in [3.63, 3.8) is 0 Å². The average molecular weight is 293 g/mol. The molecule has 4 amide bonds.